The van der Waals surface area contributed by atoms with E-state index in [4.69, 9.17) is 15.2 Å². The van der Waals surface area contributed by atoms with Crippen molar-refractivity contribution in [1.82, 2.24) is 5.32 Å². The lowest BCUT2D eigenvalue weighted by atomic mass is 10.0. The van der Waals surface area contributed by atoms with Gasteiger partial charge in [0.2, 0.25) is 5.91 Å². The fourth-order valence-electron chi connectivity index (χ4n) is 1.90. The van der Waals surface area contributed by atoms with E-state index in [9.17, 15) is 18.0 Å². The van der Waals surface area contributed by atoms with Gasteiger partial charge in [-0.1, -0.05) is 6.07 Å². The van der Waals surface area contributed by atoms with Gasteiger partial charge >= 0.3 is 6.18 Å². The normalized spacial score (nSPS) is 12.0. The predicted octanol–water partition coefficient (Wildman–Crippen LogP) is 2.42. The average Bonchev–Trinajstić information content (AvgIpc) is 2.50. The minimum absolute atomic E-state index is 0.00675. The molecule has 1 aromatic rings. The van der Waals surface area contributed by atoms with E-state index >= 15 is 0 Å². The van der Waals surface area contributed by atoms with Gasteiger partial charge in [-0.25, -0.2) is 0 Å². The number of amides is 1. The van der Waals surface area contributed by atoms with Crippen molar-refractivity contribution in [2.75, 3.05) is 20.3 Å². The van der Waals surface area contributed by atoms with Crippen LogP contribution in [0.2, 0.25) is 0 Å². The number of carbonyl (C=O) groups excluding carboxylic acids is 1. The first-order valence-corrected chi connectivity index (χ1v) is 7.44. The summed E-state index contributed by atoms with van der Waals surface area (Å²) in [5.41, 5.74) is 5.82. The molecule has 24 heavy (non-hydrogen) atoms. The van der Waals surface area contributed by atoms with E-state index in [1.165, 1.54) is 13.2 Å². The number of aryl methyl sites for hydroxylation is 1. The van der Waals surface area contributed by atoms with Crippen molar-refractivity contribution in [3.8, 4) is 11.5 Å². The van der Waals surface area contributed by atoms with Gasteiger partial charge in [-0.15, -0.1) is 0 Å². The van der Waals surface area contributed by atoms with Crippen molar-refractivity contribution >= 4 is 5.91 Å². The van der Waals surface area contributed by atoms with Crippen LogP contribution < -0.4 is 20.5 Å². The van der Waals surface area contributed by atoms with Crippen LogP contribution in [-0.4, -0.2) is 37.9 Å². The zero-order valence-electron chi connectivity index (χ0n) is 14.0. The van der Waals surface area contributed by atoms with Gasteiger partial charge in [0.1, 0.15) is 0 Å². The van der Waals surface area contributed by atoms with Crippen molar-refractivity contribution in [3.63, 3.8) is 0 Å². The van der Waals surface area contributed by atoms with Gasteiger partial charge in [0, 0.05) is 18.5 Å². The van der Waals surface area contributed by atoms with Gasteiger partial charge in [-0.05, 0) is 38.0 Å². The maximum absolute atomic E-state index is 12.2. The summed E-state index contributed by atoms with van der Waals surface area (Å²) in [6.45, 7) is 2.57. The van der Waals surface area contributed by atoms with Crippen molar-refractivity contribution < 1.29 is 27.4 Å². The lowest BCUT2D eigenvalue weighted by Gasteiger charge is -2.24. The largest absolute Gasteiger partial charge is 0.493 e. The second-order valence-electron chi connectivity index (χ2n) is 6.03. The standard InChI is InChI=1S/C16H23F3N2O3/c1-15(2,9-20)21-14(22)7-5-11-4-6-12(13(8-11)23-3)24-10-16(17,18)19/h4,6,8H,5,7,9-10,20H2,1-3H3,(H,21,22). The third-order valence-corrected chi connectivity index (χ3v) is 3.25. The molecule has 136 valence electrons. The number of nitrogens with two attached hydrogens (primary N) is 1. The van der Waals surface area contributed by atoms with Crippen molar-refractivity contribution in [3.05, 3.63) is 23.8 Å². The summed E-state index contributed by atoms with van der Waals surface area (Å²) in [5, 5.41) is 2.81. The van der Waals surface area contributed by atoms with E-state index < -0.39 is 18.3 Å². The van der Waals surface area contributed by atoms with Gasteiger partial charge in [0.25, 0.3) is 0 Å². The monoisotopic (exact) mass is 348 g/mol. The fourth-order valence-corrected chi connectivity index (χ4v) is 1.90. The Labute approximate surface area is 139 Å². The molecule has 1 rings (SSSR count). The van der Waals surface area contributed by atoms with E-state index in [0.717, 1.165) is 5.56 Å². The zero-order valence-corrected chi connectivity index (χ0v) is 14.0. The Bertz CT molecular complexity index is 560. The topological polar surface area (TPSA) is 73.6 Å². The molecule has 0 unspecified atom stereocenters. The van der Waals surface area contributed by atoms with Gasteiger partial charge in [0.15, 0.2) is 18.1 Å². The fraction of sp³-hybridized carbons (Fsp3) is 0.562. The molecule has 0 aliphatic rings. The third-order valence-electron chi connectivity index (χ3n) is 3.25. The molecule has 0 heterocycles. The smallest absolute Gasteiger partial charge is 0.422 e. The Morgan fingerprint density at radius 3 is 2.46 bits per heavy atom. The molecular weight excluding hydrogens is 325 g/mol. The molecule has 3 N–H and O–H groups in total. The number of alkyl halides is 3. The average molecular weight is 348 g/mol. The minimum Gasteiger partial charge on any atom is -0.493 e. The number of ether oxygens (including phenoxy) is 2. The molecule has 0 aliphatic heterocycles. The summed E-state index contributed by atoms with van der Waals surface area (Å²) in [4.78, 5) is 11.9. The maximum atomic E-state index is 12.2. The second kappa shape index (κ2) is 8.23. The highest BCUT2D eigenvalue weighted by atomic mass is 19.4. The van der Waals surface area contributed by atoms with Crippen LogP contribution in [0.3, 0.4) is 0 Å². The Hall–Kier alpha value is -1.96. The Morgan fingerprint density at radius 1 is 1.25 bits per heavy atom. The molecule has 5 nitrogen and oxygen atoms in total. The van der Waals surface area contributed by atoms with Crippen LogP contribution in [0.1, 0.15) is 25.8 Å². The molecule has 0 radical (unpaired) electrons. The molecule has 1 amide bonds. The SMILES string of the molecule is COc1cc(CCC(=O)NC(C)(C)CN)ccc1OCC(F)(F)F. The van der Waals surface area contributed by atoms with Gasteiger partial charge in [0.05, 0.1) is 7.11 Å². The molecule has 0 atom stereocenters. The Morgan fingerprint density at radius 2 is 1.92 bits per heavy atom. The highest BCUT2D eigenvalue weighted by Gasteiger charge is 2.29. The van der Waals surface area contributed by atoms with E-state index in [-0.39, 0.29) is 23.8 Å². The first-order chi connectivity index (χ1) is 11.1. The number of hydrogen-bond acceptors (Lipinski definition) is 4. The number of carbonyl (C=O) groups is 1. The molecule has 0 fully saturated rings. The van der Waals surface area contributed by atoms with Crippen LogP contribution in [0, 0.1) is 0 Å². The first-order valence-electron chi connectivity index (χ1n) is 7.44. The Kier molecular flexibility index (Phi) is 6.89. The number of nitrogens with one attached hydrogen (secondary N) is 1. The molecule has 8 heteroatoms. The number of rotatable bonds is 8. The van der Waals surface area contributed by atoms with E-state index in [0.29, 0.717) is 13.0 Å². The number of methoxy groups -OCH3 is 1. The van der Waals surface area contributed by atoms with E-state index in [1.54, 1.807) is 12.1 Å². The molecule has 0 saturated heterocycles. The maximum Gasteiger partial charge on any atom is 0.422 e. The van der Waals surface area contributed by atoms with Crippen LogP contribution in [-0.2, 0) is 11.2 Å². The Balaban J connectivity index is 2.66. The predicted molar refractivity (Wildman–Crippen MR) is 84.1 cm³/mol. The van der Waals surface area contributed by atoms with Crippen LogP contribution in [0.4, 0.5) is 13.2 Å². The molecule has 1 aromatic carbocycles. The first kappa shape index (κ1) is 20.1. The van der Waals surface area contributed by atoms with Crippen LogP contribution >= 0.6 is 0 Å². The van der Waals surface area contributed by atoms with Crippen molar-refractivity contribution in [1.29, 1.82) is 0 Å². The van der Waals surface area contributed by atoms with Gasteiger partial charge < -0.3 is 20.5 Å². The zero-order chi connectivity index (χ0) is 18.4. The quantitative estimate of drug-likeness (QED) is 0.757. The summed E-state index contributed by atoms with van der Waals surface area (Å²) in [6.07, 6.45) is -3.77. The van der Waals surface area contributed by atoms with Crippen LogP contribution in [0.25, 0.3) is 0 Å². The summed E-state index contributed by atoms with van der Waals surface area (Å²) < 4.78 is 46.4. The van der Waals surface area contributed by atoms with Crippen LogP contribution in [0.5, 0.6) is 11.5 Å². The summed E-state index contributed by atoms with van der Waals surface area (Å²) in [6, 6.07) is 4.57. The van der Waals surface area contributed by atoms with E-state index in [2.05, 4.69) is 5.32 Å². The molecular formula is C16H23F3N2O3. The van der Waals surface area contributed by atoms with Gasteiger partial charge in [-0.2, -0.15) is 13.2 Å². The van der Waals surface area contributed by atoms with Crippen molar-refractivity contribution in [2.24, 2.45) is 5.73 Å². The lowest BCUT2D eigenvalue weighted by molar-refractivity contribution is -0.153. The molecule has 0 aromatic heterocycles. The minimum atomic E-state index is -4.42. The molecule has 0 spiro atoms. The summed E-state index contributed by atoms with van der Waals surface area (Å²) >= 11 is 0. The van der Waals surface area contributed by atoms with E-state index in [1.807, 2.05) is 13.8 Å². The number of halogens is 3. The van der Waals surface area contributed by atoms with Crippen molar-refractivity contribution in [2.45, 2.75) is 38.4 Å². The second-order valence-corrected chi connectivity index (χ2v) is 6.03. The number of benzene rings is 1. The lowest BCUT2D eigenvalue weighted by Crippen LogP contribution is -2.48. The highest BCUT2D eigenvalue weighted by Crippen LogP contribution is 2.30. The molecule has 0 bridgehead atoms. The van der Waals surface area contributed by atoms with Crippen LogP contribution in [0.15, 0.2) is 18.2 Å². The van der Waals surface area contributed by atoms with Gasteiger partial charge in [-0.3, -0.25) is 4.79 Å². The summed E-state index contributed by atoms with van der Waals surface area (Å²) in [5.74, 6) is 0.0496. The highest BCUT2D eigenvalue weighted by molar-refractivity contribution is 5.77. The third kappa shape index (κ3) is 7.08. The summed E-state index contributed by atoms with van der Waals surface area (Å²) in [7, 11) is 1.34. The molecule has 0 saturated carbocycles. The number of hydrogen-bond donors (Lipinski definition) is 2. The molecule has 0 aliphatic carbocycles.